The number of rotatable bonds is 6. The molecule has 0 saturated heterocycles. The molecule has 7 heteroatoms. The average Bonchev–Trinajstić information content (AvgIpc) is 2.55. The van der Waals surface area contributed by atoms with Gasteiger partial charge in [0.15, 0.2) is 5.75 Å². The zero-order valence-electron chi connectivity index (χ0n) is 13.3. The molecule has 0 bridgehead atoms. The summed E-state index contributed by atoms with van der Waals surface area (Å²) in [5.41, 5.74) is -0.227. The van der Waals surface area contributed by atoms with Gasteiger partial charge in [0.05, 0.1) is 7.11 Å². The topological polar surface area (TPSA) is 100 Å². The summed E-state index contributed by atoms with van der Waals surface area (Å²) in [5, 5.41) is 5.61. The molecule has 2 amide bonds. The molecule has 7 nitrogen and oxygen atoms in total. The molecule has 0 unspecified atom stereocenters. The van der Waals surface area contributed by atoms with Crippen LogP contribution in [0, 0.1) is 0 Å². The number of aromatic nitrogens is 1. The highest BCUT2D eigenvalue weighted by atomic mass is 16.5. The Morgan fingerprint density at radius 2 is 2.04 bits per heavy atom. The van der Waals surface area contributed by atoms with Crippen molar-refractivity contribution in [3.05, 3.63) is 28.2 Å². The van der Waals surface area contributed by atoms with Gasteiger partial charge in [-0.15, -0.1) is 0 Å². The number of carbonyl (C=O) groups excluding carboxylic acids is 2. The summed E-state index contributed by atoms with van der Waals surface area (Å²) in [6.45, 7) is 0.228. The molecule has 3 N–H and O–H groups in total. The largest absolute Gasteiger partial charge is 0.491 e. The van der Waals surface area contributed by atoms with Crippen molar-refractivity contribution in [2.24, 2.45) is 0 Å². The summed E-state index contributed by atoms with van der Waals surface area (Å²) in [7, 11) is 1.38. The molecule has 0 aliphatic heterocycles. The molecule has 1 aliphatic carbocycles. The van der Waals surface area contributed by atoms with Crippen molar-refractivity contribution >= 4 is 11.8 Å². The quantitative estimate of drug-likeness (QED) is 0.726. The van der Waals surface area contributed by atoms with E-state index in [-0.39, 0.29) is 41.8 Å². The van der Waals surface area contributed by atoms with E-state index in [0.717, 1.165) is 25.7 Å². The van der Waals surface area contributed by atoms with Gasteiger partial charge < -0.3 is 20.4 Å². The highest BCUT2D eigenvalue weighted by Crippen LogP contribution is 2.17. The second-order valence-corrected chi connectivity index (χ2v) is 5.69. The van der Waals surface area contributed by atoms with E-state index in [4.69, 9.17) is 4.74 Å². The summed E-state index contributed by atoms with van der Waals surface area (Å²) in [4.78, 5) is 38.0. The van der Waals surface area contributed by atoms with Crippen LogP contribution >= 0.6 is 0 Å². The predicted octanol–water partition coefficient (Wildman–Crippen LogP) is 0.952. The number of amides is 2. The van der Waals surface area contributed by atoms with Crippen molar-refractivity contribution < 1.29 is 14.3 Å². The minimum atomic E-state index is -0.421. The zero-order chi connectivity index (χ0) is 16.7. The number of H-pyrrole nitrogens is 1. The van der Waals surface area contributed by atoms with Gasteiger partial charge >= 0.3 is 0 Å². The van der Waals surface area contributed by atoms with Gasteiger partial charge in [-0.3, -0.25) is 14.4 Å². The van der Waals surface area contributed by atoms with Crippen LogP contribution in [0.4, 0.5) is 0 Å². The molecule has 23 heavy (non-hydrogen) atoms. The Labute approximate surface area is 134 Å². The molecule has 0 aromatic carbocycles. The Balaban J connectivity index is 1.74. The third kappa shape index (κ3) is 5.12. The van der Waals surface area contributed by atoms with Crippen molar-refractivity contribution in [1.82, 2.24) is 15.6 Å². The third-order valence-corrected chi connectivity index (χ3v) is 3.95. The monoisotopic (exact) mass is 321 g/mol. The highest BCUT2D eigenvalue weighted by Gasteiger charge is 2.15. The second-order valence-electron chi connectivity index (χ2n) is 5.69. The molecule has 1 saturated carbocycles. The summed E-state index contributed by atoms with van der Waals surface area (Å²) in [6, 6.07) is 1.45. The molecule has 0 spiro atoms. The van der Waals surface area contributed by atoms with Crippen molar-refractivity contribution in [3.8, 4) is 5.75 Å². The van der Waals surface area contributed by atoms with E-state index >= 15 is 0 Å². The average molecular weight is 321 g/mol. The van der Waals surface area contributed by atoms with Crippen LogP contribution in [0.1, 0.15) is 49.0 Å². The molecule has 1 aromatic heterocycles. The lowest BCUT2D eigenvalue weighted by Crippen LogP contribution is -2.38. The molecule has 2 rings (SSSR count). The van der Waals surface area contributed by atoms with Gasteiger partial charge in [0.25, 0.3) is 5.91 Å². The zero-order valence-corrected chi connectivity index (χ0v) is 13.3. The Kier molecular flexibility index (Phi) is 6.19. The Morgan fingerprint density at radius 3 is 2.70 bits per heavy atom. The lowest BCUT2D eigenvalue weighted by atomic mass is 9.95. The van der Waals surface area contributed by atoms with Crippen LogP contribution in [0.5, 0.6) is 5.75 Å². The summed E-state index contributed by atoms with van der Waals surface area (Å²) >= 11 is 0. The number of nitrogens with one attached hydrogen (secondary N) is 3. The number of pyridine rings is 1. The Bertz CT molecular complexity index is 606. The number of methoxy groups -OCH3 is 1. The smallest absolute Gasteiger partial charge is 0.267 e. The van der Waals surface area contributed by atoms with E-state index in [2.05, 4.69) is 15.6 Å². The Morgan fingerprint density at radius 1 is 1.30 bits per heavy atom. The summed E-state index contributed by atoms with van der Waals surface area (Å²) in [5.74, 6) is -0.330. The van der Waals surface area contributed by atoms with E-state index in [1.165, 1.54) is 25.8 Å². The summed E-state index contributed by atoms with van der Waals surface area (Å²) in [6.07, 6.45) is 7.19. The first-order valence-corrected chi connectivity index (χ1v) is 7.94. The first-order chi connectivity index (χ1) is 11.1. The van der Waals surface area contributed by atoms with Crippen molar-refractivity contribution in [1.29, 1.82) is 0 Å². The van der Waals surface area contributed by atoms with Crippen LogP contribution in [0.15, 0.2) is 17.1 Å². The van der Waals surface area contributed by atoms with Crippen molar-refractivity contribution in [2.75, 3.05) is 13.7 Å². The minimum absolute atomic E-state index is 0.0552. The number of aromatic amines is 1. The second kappa shape index (κ2) is 8.36. The number of carbonyl (C=O) groups is 2. The van der Waals surface area contributed by atoms with E-state index in [0.29, 0.717) is 0 Å². The van der Waals surface area contributed by atoms with Gasteiger partial charge in [-0.25, -0.2) is 0 Å². The fourth-order valence-corrected chi connectivity index (χ4v) is 2.68. The molecule has 1 aromatic rings. The fourth-order valence-electron chi connectivity index (χ4n) is 2.68. The van der Waals surface area contributed by atoms with E-state index < -0.39 is 5.91 Å². The maximum atomic E-state index is 11.9. The molecule has 1 fully saturated rings. The minimum Gasteiger partial charge on any atom is -0.491 e. The molecule has 0 atom stereocenters. The number of ether oxygens (including phenoxy) is 1. The predicted molar refractivity (Wildman–Crippen MR) is 85.6 cm³/mol. The third-order valence-electron chi connectivity index (χ3n) is 3.95. The number of hydrogen-bond acceptors (Lipinski definition) is 4. The first kappa shape index (κ1) is 17.1. The maximum absolute atomic E-state index is 11.9. The molecular weight excluding hydrogens is 298 g/mol. The molecular formula is C16H23N3O4. The number of hydrogen-bond donors (Lipinski definition) is 3. The lowest BCUT2D eigenvalue weighted by molar-refractivity contribution is -0.121. The van der Waals surface area contributed by atoms with Gasteiger partial charge in [-0.1, -0.05) is 19.3 Å². The Hall–Kier alpha value is -2.31. The van der Waals surface area contributed by atoms with E-state index in [1.807, 2.05) is 0 Å². The molecule has 1 heterocycles. The van der Waals surface area contributed by atoms with Crippen LogP contribution in [0.2, 0.25) is 0 Å². The van der Waals surface area contributed by atoms with Crippen LogP contribution in [0.3, 0.4) is 0 Å². The normalized spacial score (nSPS) is 15.0. The van der Waals surface area contributed by atoms with Crippen LogP contribution in [0.25, 0.3) is 0 Å². The highest BCUT2D eigenvalue weighted by molar-refractivity contribution is 5.92. The van der Waals surface area contributed by atoms with Gasteiger partial charge in [-0.2, -0.15) is 0 Å². The molecule has 126 valence electrons. The van der Waals surface area contributed by atoms with Gasteiger partial charge in [0, 0.05) is 31.3 Å². The van der Waals surface area contributed by atoms with Gasteiger partial charge in [-0.05, 0) is 12.8 Å². The maximum Gasteiger partial charge on any atom is 0.267 e. The van der Waals surface area contributed by atoms with E-state index in [1.54, 1.807) is 0 Å². The fraction of sp³-hybridized carbons (Fsp3) is 0.562. The first-order valence-electron chi connectivity index (χ1n) is 7.94. The van der Waals surface area contributed by atoms with Crippen LogP contribution in [-0.2, 0) is 4.79 Å². The molecule has 0 radical (unpaired) electrons. The lowest BCUT2D eigenvalue weighted by Gasteiger charge is -2.22. The standard InChI is InChI=1S/C16H23N3O4/c1-23-14-10-18-12(9-13(14)20)16(22)17-8-7-15(21)19-11-5-3-2-4-6-11/h9-11H,2-8H2,1H3,(H,17,22)(H,18,20)(H,19,21). The van der Waals surface area contributed by atoms with Crippen LogP contribution < -0.4 is 20.8 Å². The van der Waals surface area contributed by atoms with E-state index in [9.17, 15) is 14.4 Å². The van der Waals surface area contributed by atoms with Crippen molar-refractivity contribution in [2.45, 2.75) is 44.6 Å². The van der Waals surface area contributed by atoms with Gasteiger partial charge in [0.1, 0.15) is 5.69 Å². The SMILES string of the molecule is COc1c[nH]c(C(=O)NCCC(=O)NC2CCCCC2)cc1=O. The van der Waals surface area contributed by atoms with Crippen molar-refractivity contribution in [3.63, 3.8) is 0 Å². The molecule has 1 aliphatic rings. The van der Waals surface area contributed by atoms with Crippen LogP contribution in [-0.4, -0.2) is 36.5 Å². The van der Waals surface area contributed by atoms with Gasteiger partial charge in [0.2, 0.25) is 11.3 Å². The summed E-state index contributed by atoms with van der Waals surface area (Å²) < 4.78 is 4.84.